The third-order valence-electron chi connectivity index (χ3n) is 5.91. The molecule has 2 heterocycles. The fourth-order valence-electron chi connectivity index (χ4n) is 3.90. The van der Waals surface area contributed by atoms with Crippen LogP contribution in [0.2, 0.25) is 0 Å². The van der Waals surface area contributed by atoms with E-state index >= 15 is 0 Å². The average Bonchev–Trinajstić information content (AvgIpc) is 3.36. The Kier molecular flexibility index (Phi) is 8.32. The Morgan fingerprint density at radius 3 is 2.43 bits per heavy atom. The summed E-state index contributed by atoms with van der Waals surface area (Å²) < 4.78 is 79.1. The normalized spacial score (nSPS) is 21.2. The SMILES string of the molecule is CC(SC1COC(/C=C/c2ccc(C(F)(F)F)cc2)OC1)C(O)(Cn1cncn1)c1ccc(F)cc1F. The Bertz CT molecular complexity index is 1200. The number of benzene rings is 2. The van der Waals surface area contributed by atoms with Crippen LogP contribution in [0.3, 0.4) is 0 Å². The number of hydrogen-bond acceptors (Lipinski definition) is 6. The van der Waals surface area contributed by atoms with E-state index < -0.39 is 40.5 Å². The first kappa shape index (κ1) is 27.2. The molecule has 1 saturated heterocycles. The number of aromatic nitrogens is 3. The summed E-state index contributed by atoms with van der Waals surface area (Å²) in [5.74, 6) is -1.63. The van der Waals surface area contributed by atoms with Gasteiger partial charge in [0.2, 0.25) is 0 Å². The summed E-state index contributed by atoms with van der Waals surface area (Å²) in [5, 5.41) is 14.8. The first-order chi connectivity index (χ1) is 17.5. The molecule has 1 aliphatic rings. The second kappa shape index (κ2) is 11.3. The number of alkyl halides is 3. The van der Waals surface area contributed by atoms with Crippen LogP contribution in [0.25, 0.3) is 6.08 Å². The van der Waals surface area contributed by atoms with Crippen LogP contribution < -0.4 is 0 Å². The highest BCUT2D eigenvalue weighted by Crippen LogP contribution is 2.38. The van der Waals surface area contributed by atoms with Gasteiger partial charge in [0.25, 0.3) is 0 Å². The molecular formula is C25H24F5N3O3S. The zero-order valence-corrected chi connectivity index (χ0v) is 20.4. The lowest BCUT2D eigenvalue weighted by molar-refractivity contribution is -0.146. The highest BCUT2D eigenvalue weighted by Gasteiger charge is 2.41. The molecule has 2 aromatic carbocycles. The van der Waals surface area contributed by atoms with E-state index in [2.05, 4.69) is 10.1 Å². The Morgan fingerprint density at radius 2 is 1.84 bits per heavy atom. The van der Waals surface area contributed by atoms with Crippen LogP contribution in [0.1, 0.15) is 23.6 Å². The van der Waals surface area contributed by atoms with Crippen LogP contribution in [0.5, 0.6) is 0 Å². The molecule has 1 aromatic heterocycles. The lowest BCUT2D eigenvalue weighted by atomic mass is 9.90. The lowest BCUT2D eigenvalue weighted by Crippen LogP contribution is -2.43. The van der Waals surface area contributed by atoms with Crippen LogP contribution in [-0.4, -0.2) is 49.9 Å². The Morgan fingerprint density at radius 1 is 1.14 bits per heavy atom. The molecule has 6 nitrogen and oxygen atoms in total. The van der Waals surface area contributed by atoms with Gasteiger partial charge in [0.05, 0.1) is 30.6 Å². The molecule has 2 unspecified atom stereocenters. The summed E-state index contributed by atoms with van der Waals surface area (Å²) in [6.07, 6.45) is 0.797. The van der Waals surface area contributed by atoms with E-state index in [0.717, 1.165) is 24.3 Å². The molecule has 1 N–H and O–H groups in total. The summed E-state index contributed by atoms with van der Waals surface area (Å²) in [4.78, 5) is 3.86. The van der Waals surface area contributed by atoms with E-state index in [1.54, 1.807) is 19.1 Å². The van der Waals surface area contributed by atoms with Crippen LogP contribution in [0.4, 0.5) is 22.0 Å². The molecule has 4 rings (SSSR count). The molecule has 0 radical (unpaired) electrons. The zero-order valence-electron chi connectivity index (χ0n) is 19.6. The van der Waals surface area contributed by atoms with E-state index in [0.29, 0.717) is 5.56 Å². The van der Waals surface area contributed by atoms with Gasteiger partial charge in [-0.1, -0.05) is 31.2 Å². The third-order valence-corrected chi connectivity index (χ3v) is 7.37. The maximum atomic E-state index is 14.7. The van der Waals surface area contributed by atoms with E-state index in [1.807, 2.05) is 0 Å². The van der Waals surface area contributed by atoms with Crippen molar-refractivity contribution in [3.8, 4) is 0 Å². The van der Waals surface area contributed by atoms with Crippen molar-refractivity contribution >= 4 is 17.8 Å². The van der Waals surface area contributed by atoms with Gasteiger partial charge in [-0.25, -0.2) is 18.4 Å². The van der Waals surface area contributed by atoms with Gasteiger partial charge in [0.1, 0.15) is 29.9 Å². The van der Waals surface area contributed by atoms with Crippen LogP contribution >= 0.6 is 11.8 Å². The summed E-state index contributed by atoms with van der Waals surface area (Å²) in [5.41, 5.74) is -1.99. The monoisotopic (exact) mass is 541 g/mol. The highest BCUT2D eigenvalue weighted by molar-refractivity contribution is 8.00. The predicted octanol–water partition coefficient (Wildman–Crippen LogP) is 5.04. The molecule has 37 heavy (non-hydrogen) atoms. The van der Waals surface area contributed by atoms with E-state index in [1.165, 1.54) is 47.3 Å². The van der Waals surface area contributed by atoms with Crippen molar-refractivity contribution in [2.45, 2.75) is 42.0 Å². The molecule has 0 spiro atoms. The van der Waals surface area contributed by atoms with Crippen LogP contribution in [0.15, 0.2) is 61.2 Å². The highest BCUT2D eigenvalue weighted by atomic mass is 32.2. The van der Waals surface area contributed by atoms with Gasteiger partial charge >= 0.3 is 6.18 Å². The van der Waals surface area contributed by atoms with Gasteiger partial charge in [-0.05, 0) is 29.8 Å². The number of ether oxygens (including phenoxy) is 2. The second-order valence-corrected chi connectivity index (χ2v) is 10.2. The van der Waals surface area contributed by atoms with Crippen LogP contribution in [-0.2, 0) is 27.8 Å². The maximum Gasteiger partial charge on any atom is 0.416 e. The Hall–Kier alpha value is -2.80. The average molecular weight is 542 g/mol. The van der Waals surface area contributed by atoms with Crippen molar-refractivity contribution in [3.63, 3.8) is 0 Å². The largest absolute Gasteiger partial charge is 0.416 e. The number of hydrogen-bond donors (Lipinski definition) is 1. The van der Waals surface area contributed by atoms with E-state index in [-0.39, 0.29) is 30.6 Å². The zero-order chi connectivity index (χ0) is 26.6. The molecule has 198 valence electrons. The minimum Gasteiger partial charge on any atom is -0.382 e. The van der Waals surface area contributed by atoms with Crippen molar-refractivity contribution in [3.05, 3.63) is 89.5 Å². The fraction of sp³-hybridized carbons (Fsp3) is 0.360. The smallest absolute Gasteiger partial charge is 0.382 e. The molecule has 1 fully saturated rings. The first-order valence-electron chi connectivity index (χ1n) is 11.3. The molecule has 2 atom stereocenters. The van der Waals surface area contributed by atoms with Crippen LogP contribution in [0, 0.1) is 11.6 Å². The predicted molar refractivity (Wildman–Crippen MR) is 127 cm³/mol. The molecular weight excluding hydrogens is 517 g/mol. The quantitative estimate of drug-likeness (QED) is 0.403. The number of halogens is 5. The molecule has 0 aliphatic carbocycles. The Labute approximate surface area is 214 Å². The molecule has 0 bridgehead atoms. The molecule has 0 amide bonds. The number of thioether (sulfide) groups is 1. The summed E-state index contributed by atoms with van der Waals surface area (Å²) in [6, 6.07) is 7.73. The van der Waals surface area contributed by atoms with Gasteiger partial charge in [0, 0.05) is 16.9 Å². The second-order valence-electron chi connectivity index (χ2n) is 8.56. The minimum atomic E-state index is -4.40. The molecule has 0 saturated carbocycles. The number of rotatable bonds is 8. The molecule has 1 aliphatic heterocycles. The number of aliphatic hydroxyl groups is 1. The van der Waals surface area contributed by atoms with Gasteiger partial charge in [-0.15, -0.1) is 11.8 Å². The third kappa shape index (κ3) is 6.75. The van der Waals surface area contributed by atoms with Crippen molar-refractivity contribution in [2.24, 2.45) is 0 Å². The molecule has 12 heteroatoms. The summed E-state index contributed by atoms with van der Waals surface area (Å²) >= 11 is 1.32. The van der Waals surface area contributed by atoms with Gasteiger partial charge in [0.15, 0.2) is 6.29 Å². The number of nitrogens with zero attached hydrogens (tertiary/aromatic N) is 3. The first-order valence-corrected chi connectivity index (χ1v) is 12.2. The van der Waals surface area contributed by atoms with Crippen molar-refractivity contribution < 1.29 is 36.5 Å². The maximum absolute atomic E-state index is 14.7. The lowest BCUT2D eigenvalue weighted by Gasteiger charge is -2.37. The minimum absolute atomic E-state index is 0.0700. The van der Waals surface area contributed by atoms with Crippen molar-refractivity contribution in [2.75, 3.05) is 13.2 Å². The van der Waals surface area contributed by atoms with Crippen molar-refractivity contribution in [1.82, 2.24) is 14.8 Å². The van der Waals surface area contributed by atoms with Gasteiger partial charge in [-0.2, -0.15) is 18.3 Å². The van der Waals surface area contributed by atoms with Crippen molar-refractivity contribution in [1.29, 1.82) is 0 Å². The fourth-order valence-corrected chi connectivity index (χ4v) is 5.22. The Balaban J connectivity index is 1.38. The molecule has 3 aromatic rings. The topological polar surface area (TPSA) is 69.4 Å². The van der Waals surface area contributed by atoms with E-state index in [4.69, 9.17) is 9.47 Å². The van der Waals surface area contributed by atoms with Gasteiger partial charge < -0.3 is 14.6 Å². The summed E-state index contributed by atoms with van der Waals surface area (Å²) in [6.45, 7) is 2.11. The summed E-state index contributed by atoms with van der Waals surface area (Å²) in [7, 11) is 0. The van der Waals surface area contributed by atoms with E-state index in [9.17, 15) is 27.1 Å². The standard InChI is InChI=1S/C25H24F5N3O3S/c1-16(24(34,13-33-15-31-14-32-33)21-8-7-19(26)10-22(21)27)37-20-11-35-23(36-12-20)9-4-17-2-5-18(6-3-17)25(28,29)30/h2-10,14-16,20,23,34H,11-13H2,1H3/b9-4+. The van der Waals surface area contributed by atoms with Gasteiger partial charge in [-0.3, -0.25) is 0 Å².